The van der Waals surface area contributed by atoms with Crippen molar-refractivity contribution >= 4 is 23.2 Å². The molecule has 2 fully saturated rings. The minimum Gasteiger partial charge on any atom is -0.312 e. The molecule has 0 spiro atoms. The molecule has 0 atom stereocenters. The summed E-state index contributed by atoms with van der Waals surface area (Å²) >= 11 is 0. The Kier molecular flexibility index (Phi) is 5.28. The molecule has 5 heteroatoms. The summed E-state index contributed by atoms with van der Waals surface area (Å²) in [5.74, 6) is 0.333. The molecule has 0 bridgehead atoms. The fraction of sp³-hybridized carbons (Fsp3) is 0.526. The molecular formula is C19H25N3O2. The Morgan fingerprint density at radius 3 is 2.46 bits per heavy atom. The first-order valence-electron chi connectivity index (χ1n) is 8.90. The standard InChI is InChI=1S/C19H25N3O2/c1-14(20-21-19(24)16-6-3-2-4-7-16)15-9-11-17(12-10-15)22-13-5-8-18(22)23/h9-12,16H,2-8,13H2,1H3,(H,21,24)/b20-14-. The second kappa shape index (κ2) is 7.60. The van der Waals surface area contributed by atoms with E-state index in [4.69, 9.17) is 0 Å². The molecule has 0 unspecified atom stereocenters. The molecule has 1 aliphatic carbocycles. The third-order valence-corrected chi connectivity index (χ3v) is 4.98. The fourth-order valence-corrected chi connectivity index (χ4v) is 3.46. The topological polar surface area (TPSA) is 61.8 Å². The Balaban J connectivity index is 1.60. The van der Waals surface area contributed by atoms with Gasteiger partial charge in [0.1, 0.15) is 0 Å². The van der Waals surface area contributed by atoms with Crippen molar-refractivity contribution in [2.45, 2.75) is 51.9 Å². The minimum absolute atomic E-state index is 0.0355. The van der Waals surface area contributed by atoms with E-state index < -0.39 is 0 Å². The van der Waals surface area contributed by atoms with Crippen molar-refractivity contribution in [2.24, 2.45) is 11.0 Å². The van der Waals surface area contributed by atoms with E-state index in [2.05, 4.69) is 10.5 Å². The van der Waals surface area contributed by atoms with E-state index in [0.29, 0.717) is 6.42 Å². The first-order valence-corrected chi connectivity index (χ1v) is 8.90. The van der Waals surface area contributed by atoms with E-state index in [1.54, 1.807) is 0 Å². The van der Waals surface area contributed by atoms with Gasteiger partial charge in [0.25, 0.3) is 0 Å². The highest BCUT2D eigenvalue weighted by atomic mass is 16.2. The molecule has 3 rings (SSSR count). The zero-order valence-corrected chi connectivity index (χ0v) is 14.3. The summed E-state index contributed by atoms with van der Waals surface area (Å²) < 4.78 is 0. The summed E-state index contributed by atoms with van der Waals surface area (Å²) in [6.45, 7) is 2.68. The quantitative estimate of drug-likeness (QED) is 0.682. The maximum atomic E-state index is 12.1. The Morgan fingerprint density at radius 1 is 1.12 bits per heavy atom. The molecule has 5 nitrogen and oxygen atoms in total. The molecule has 1 aromatic rings. The Hall–Kier alpha value is -2.17. The maximum absolute atomic E-state index is 12.1. The van der Waals surface area contributed by atoms with Gasteiger partial charge in [-0.2, -0.15) is 5.10 Å². The Morgan fingerprint density at radius 2 is 1.83 bits per heavy atom. The van der Waals surface area contributed by atoms with Gasteiger partial charge in [-0.25, -0.2) is 5.43 Å². The lowest BCUT2D eigenvalue weighted by atomic mass is 9.89. The van der Waals surface area contributed by atoms with Crippen LogP contribution in [0.4, 0.5) is 5.69 Å². The second-order valence-corrected chi connectivity index (χ2v) is 6.70. The zero-order valence-electron chi connectivity index (χ0n) is 14.3. The number of nitrogens with zero attached hydrogens (tertiary/aromatic N) is 2. The SMILES string of the molecule is C/C(=N/NC(=O)C1CCCCC1)c1ccc(N2CCCC2=O)cc1. The average Bonchev–Trinajstić information content (AvgIpc) is 3.06. The van der Waals surface area contributed by atoms with Crippen LogP contribution in [0.2, 0.25) is 0 Å². The van der Waals surface area contributed by atoms with Gasteiger partial charge in [0.15, 0.2) is 0 Å². The van der Waals surface area contributed by atoms with Crippen molar-refractivity contribution in [1.82, 2.24) is 5.43 Å². The number of hydrogen-bond acceptors (Lipinski definition) is 3. The van der Waals surface area contributed by atoms with Crippen LogP contribution in [0.15, 0.2) is 29.4 Å². The van der Waals surface area contributed by atoms with Gasteiger partial charge in [-0.3, -0.25) is 9.59 Å². The van der Waals surface area contributed by atoms with E-state index in [1.165, 1.54) is 6.42 Å². The molecule has 1 aliphatic heterocycles. The zero-order chi connectivity index (χ0) is 16.9. The van der Waals surface area contributed by atoms with E-state index in [0.717, 1.165) is 55.6 Å². The van der Waals surface area contributed by atoms with Crippen LogP contribution in [0.5, 0.6) is 0 Å². The van der Waals surface area contributed by atoms with Crippen molar-refractivity contribution in [3.63, 3.8) is 0 Å². The van der Waals surface area contributed by atoms with E-state index in [1.807, 2.05) is 36.1 Å². The second-order valence-electron chi connectivity index (χ2n) is 6.70. The van der Waals surface area contributed by atoms with Crippen molar-refractivity contribution in [3.05, 3.63) is 29.8 Å². The number of amides is 2. The Bertz CT molecular complexity index is 631. The summed E-state index contributed by atoms with van der Waals surface area (Å²) in [7, 11) is 0. The summed E-state index contributed by atoms with van der Waals surface area (Å²) in [5, 5.41) is 4.25. The van der Waals surface area contributed by atoms with Crippen molar-refractivity contribution in [3.8, 4) is 0 Å². The summed E-state index contributed by atoms with van der Waals surface area (Å²) in [4.78, 5) is 25.7. The number of rotatable bonds is 4. The van der Waals surface area contributed by atoms with Gasteiger partial charge in [0.2, 0.25) is 11.8 Å². The Labute approximate surface area is 143 Å². The van der Waals surface area contributed by atoms with E-state index in [-0.39, 0.29) is 17.7 Å². The number of benzene rings is 1. The van der Waals surface area contributed by atoms with Crippen molar-refractivity contribution in [1.29, 1.82) is 0 Å². The number of nitrogens with one attached hydrogen (secondary N) is 1. The normalized spacial score (nSPS) is 19.6. The summed E-state index contributed by atoms with van der Waals surface area (Å²) in [6.07, 6.45) is 7.01. The smallest absolute Gasteiger partial charge is 0.243 e. The summed E-state index contributed by atoms with van der Waals surface area (Å²) in [5.41, 5.74) is 5.37. The van der Waals surface area contributed by atoms with Crippen LogP contribution < -0.4 is 10.3 Å². The van der Waals surface area contributed by atoms with Gasteiger partial charge in [-0.05, 0) is 43.9 Å². The molecule has 128 valence electrons. The predicted octanol–water partition coefficient (Wildman–Crippen LogP) is 3.23. The molecule has 1 aromatic carbocycles. The first-order chi connectivity index (χ1) is 11.6. The van der Waals surface area contributed by atoms with Crippen molar-refractivity contribution in [2.75, 3.05) is 11.4 Å². The fourth-order valence-electron chi connectivity index (χ4n) is 3.46. The lowest BCUT2D eigenvalue weighted by Crippen LogP contribution is -2.29. The van der Waals surface area contributed by atoms with Gasteiger partial charge in [0.05, 0.1) is 5.71 Å². The van der Waals surface area contributed by atoms with Gasteiger partial charge < -0.3 is 4.90 Å². The molecule has 24 heavy (non-hydrogen) atoms. The molecule has 0 aromatic heterocycles. The van der Waals surface area contributed by atoms with Crippen LogP contribution in [0.3, 0.4) is 0 Å². The van der Waals surface area contributed by atoms with Gasteiger partial charge in [-0.15, -0.1) is 0 Å². The van der Waals surface area contributed by atoms with Crippen LogP contribution in [0.25, 0.3) is 0 Å². The van der Waals surface area contributed by atoms with Crippen LogP contribution in [-0.2, 0) is 9.59 Å². The molecule has 1 saturated carbocycles. The number of anilines is 1. The number of hydrazone groups is 1. The maximum Gasteiger partial charge on any atom is 0.243 e. The number of carbonyl (C=O) groups is 2. The van der Waals surface area contributed by atoms with Crippen LogP contribution in [0, 0.1) is 5.92 Å². The van der Waals surface area contributed by atoms with Crippen LogP contribution >= 0.6 is 0 Å². The minimum atomic E-state index is 0.0355. The lowest BCUT2D eigenvalue weighted by molar-refractivity contribution is -0.125. The molecule has 2 amide bonds. The highest BCUT2D eigenvalue weighted by molar-refractivity contribution is 6.00. The van der Waals surface area contributed by atoms with Gasteiger partial charge >= 0.3 is 0 Å². The summed E-state index contributed by atoms with van der Waals surface area (Å²) in [6, 6.07) is 7.79. The monoisotopic (exact) mass is 327 g/mol. The molecule has 1 heterocycles. The number of carbonyl (C=O) groups excluding carboxylic acids is 2. The first kappa shape index (κ1) is 16.7. The molecule has 1 N–H and O–H groups in total. The van der Waals surface area contributed by atoms with Crippen LogP contribution in [-0.4, -0.2) is 24.1 Å². The highest BCUT2D eigenvalue weighted by Gasteiger charge is 2.22. The van der Waals surface area contributed by atoms with Gasteiger partial charge in [0, 0.05) is 24.6 Å². The molecule has 1 saturated heterocycles. The lowest BCUT2D eigenvalue weighted by Gasteiger charge is -2.19. The molecule has 0 radical (unpaired) electrons. The molecular weight excluding hydrogens is 302 g/mol. The van der Waals surface area contributed by atoms with Crippen LogP contribution in [0.1, 0.15) is 57.4 Å². The average molecular weight is 327 g/mol. The van der Waals surface area contributed by atoms with Gasteiger partial charge in [-0.1, -0.05) is 31.4 Å². The number of hydrogen-bond donors (Lipinski definition) is 1. The highest BCUT2D eigenvalue weighted by Crippen LogP contribution is 2.24. The van der Waals surface area contributed by atoms with E-state index in [9.17, 15) is 9.59 Å². The van der Waals surface area contributed by atoms with Crippen molar-refractivity contribution < 1.29 is 9.59 Å². The predicted molar refractivity (Wildman–Crippen MR) is 95.0 cm³/mol. The third kappa shape index (κ3) is 3.83. The molecule has 2 aliphatic rings. The van der Waals surface area contributed by atoms with E-state index >= 15 is 0 Å². The largest absolute Gasteiger partial charge is 0.312 e. The third-order valence-electron chi connectivity index (χ3n) is 4.98.